The molecule has 1 aromatic carbocycles. The summed E-state index contributed by atoms with van der Waals surface area (Å²) in [6.45, 7) is 0. The Hall–Kier alpha value is -1.36. The smallest absolute Gasteiger partial charge is 0.181 e. The summed E-state index contributed by atoms with van der Waals surface area (Å²) in [5.41, 5.74) is 0.940. The quantitative estimate of drug-likeness (QED) is 0.838. The van der Waals surface area contributed by atoms with Crippen molar-refractivity contribution in [3.05, 3.63) is 29.0 Å². The molecule has 78 valence electrons. The number of benzene rings is 1. The SMILES string of the molecule is COc1cc(-c2ncn(C)n2)ccc1Br. The molecule has 4 nitrogen and oxygen atoms in total. The Morgan fingerprint density at radius 2 is 2.20 bits per heavy atom. The molecule has 2 rings (SSSR count). The fourth-order valence-electron chi connectivity index (χ4n) is 1.27. The van der Waals surface area contributed by atoms with E-state index >= 15 is 0 Å². The van der Waals surface area contributed by atoms with Gasteiger partial charge in [0.2, 0.25) is 0 Å². The van der Waals surface area contributed by atoms with Crippen LogP contribution in [0.15, 0.2) is 29.0 Å². The standard InChI is InChI=1S/C10H10BrN3O/c1-14-6-12-10(13-14)7-3-4-8(11)9(5-7)15-2/h3-6H,1-2H3. The highest BCUT2D eigenvalue weighted by atomic mass is 79.9. The maximum absolute atomic E-state index is 5.20. The van der Waals surface area contributed by atoms with Gasteiger partial charge in [-0.1, -0.05) is 0 Å². The first-order valence-corrected chi connectivity index (χ1v) is 5.19. The summed E-state index contributed by atoms with van der Waals surface area (Å²) in [6, 6.07) is 5.77. The molecule has 1 heterocycles. The maximum atomic E-state index is 5.20. The second kappa shape index (κ2) is 4.02. The number of hydrogen-bond acceptors (Lipinski definition) is 3. The van der Waals surface area contributed by atoms with Gasteiger partial charge in [0.1, 0.15) is 12.1 Å². The normalized spacial score (nSPS) is 10.3. The molecule has 0 saturated heterocycles. The van der Waals surface area contributed by atoms with Gasteiger partial charge in [0.15, 0.2) is 5.82 Å². The van der Waals surface area contributed by atoms with Crippen LogP contribution in [0.2, 0.25) is 0 Å². The summed E-state index contributed by atoms with van der Waals surface area (Å²) in [4.78, 5) is 4.17. The van der Waals surface area contributed by atoms with E-state index in [1.807, 2.05) is 25.2 Å². The second-order valence-electron chi connectivity index (χ2n) is 3.09. The third kappa shape index (κ3) is 2.02. The average molecular weight is 268 g/mol. The van der Waals surface area contributed by atoms with Crippen molar-refractivity contribution in [3.8, 4) is 17.1 Å². The molecular formula is C10H10BrN3O. The lowest BCUT2D eigenvalue weighted by atomic mass is 10.2. The lowest BCUT2D eigenvalue weighted by Gasteiger charge is -2.03. The Balaban J connectivity index is 2.45. The lowest BCUT2D eigenvalue weighted by Crippen LogP contribution is -1.89. The van der Waals surface area contributed by atoms with Crippen molar-refractivity contribution >= 4 is 15.9 Å². The van der Waals surface area contributed by atoms with Crippen LogP contribution >= 0.6 is 15.9 Å². The van der Waals surface area contributed by atoms with Crippen molar-refractivity contribution in [2.45, 2.75) is 0 Å². The zero-order valence-electron chi connectivity index (χ0n) is 8.44. The summed E-state index contributed by atoms with van der Waals surface area (Å²) in [5.74, 6) is 1.48. The van der Waals surface area contributed by atoms with E-state index in [9.17, 15) is 0 Å². The van der Waals surface area contributed by atoms with Crippen molar-refractivity contribution in [1.82, 2.24) is 14.8 Å². The average Bonchev–Trinajstić information content (AvgIpc) is 2.66. The minimum Gasteiger partial charge on any atom is -0.496 e. The van der Waals surface area contributed by atoms with E-state index < -0.39 is 0 Å². The number of hydrogen-bond donors (Lipinski definition) is 0. The van der Waals surface area contributed by atoms with E-state index in [1.54, 1.807) is 18.1 Å². The molecule has 0 N–H and O–H groups in total. The van der Waals surface area contributed by atoms with Crippen LogP contribution < -0.4 is 4.74 Å². The molecule has 0 aliphatic rings. The van der Waals surface area contributed by atoms with Crippen LogP contribution in [0.25, 0.3) is 11.4 Å². The molecular weight excluding hydrogens is 258 g/mol. The van der Waals surface area contributed by atoms with E-state index in [0.717, 1.165) is 15.8 Å². The molecule has 0 aliphatic heterocycles. The van der Waals surface area contributed by atoms with Gasteiger partial charge in [0.05, 0.1) is 11.6 Å². The molecule has 0 aliphatic carbocycles. The molecule has 0 spiro atoms. The van der Waals surface area contributed by atoms with E-state index in [-0.39, 0.29) is 0 Å². The van der Waals surface area contributed by atoms with Gasteiger partial charge in [0, 0.05) is 12.6 Å². The van der Waals surface area contributed by atoms with Crippen molar-refractivity contribution in [2.24, 2.45) is 7.05 Å². The Bertz CT molecular complexity index is 481. The molecule has 0 fully saturated rings. The number of aromatic nitrogens is 3. The molecule has 5 heteroatoms. The number of nitrogens with zero attached hydrogens (tertiary/aromatic N) is 3. The Morgan fingerprint density at radius 1 is 1.40 bits per heavy atom. The van der Waals surface area contributed by atoms with Gasteiger partial charge < -0.3 is 4.74 Å². The van der Waals surface area contributed by atoms with Crippen LogP contribution in [-0.4, -0.2) is 21.9 Å². The second-order valence-corrected chi connectivity index (χ2v) is 3.95. The number of aryl methyl sites for hydroxylation is 1. The summed E-state index contributed by atoms with van der Waals surface area (Å²) in [5, 5.41) is 4.22. The minimum absolute atomic E-state index is 0.698. The van der Waals surface area contributed by atoms with Gasteiger partial charge in [-0.05, 0) is 34.1 Å². The van der Waals surface area contributed by atoms with Gasteiger partial charge in [0.25, 0.3) is 0 Å². The van der Waals surface area contributed by atoms with Crippen LogP contribution in [0.1, 0.15) is 0 Å². The monoisotopic (exact) mass is 267 g/mol. The zero-order chi connectivity index (χ0) is 10.8. The van der Waals surface area contributed by atoms with E-state index in [2.05, 4.69) is 26.0 Å². The maximum Gasteiger partial charge on any atom is 0.181 e. The van der Waals surface area contributed by atoms with Crippen molar-refractivity contribution in [2.75, 3.05) is 7.11 Å². The van der Waals surface area contributed by atoms with Gasteiger partial charge in [-0.2, -0.15) is 5.10 Å². The van der Waals surface area contributed by atoms with Crippen LogP contribution in [0, 0.1) is 0 Å². The number of ether oxygens (including phenoxy) is 1. The molecule has 0 bridgehead atoms. The van der Waals surface area contributed by atoms with E-state index in [0.29, 0.717) is 5.82 Å². The molecule has 0 unspecified atom stereocenters. The largest absolute Gasteiger partial charge is 0.496 e. The minimum atomic E-state index is 0.698. The van der Waals surface area contributed by atoms with Crippen molar-refractivity contribution in [3.63, 3.8) is 0 Å². The van der Waals surface area contributed by atoms with Crippen molar-refractivity contribution < 1.29 is 4.74 Å². The highest BCUT2D eigenvalue weighted by Gasteiger charge is 2.06. The molecule has 0 radical (unpaired) electrons. The van der Waals surface area contributed by atoms with Gasteiger partial charge in [-0.3, -0.25) is 4.68 Å². The number of rotatable bonds is 2. The Morgan fingerprint density at radius 3 is 2.80 bits per heavy atom. The Labute approximate surface area is 96.0 Å². The van der Waals surface area contributed by atoms with E-state index in [1.165, 1.54) is 0 Å². The third-order valence-corrected chi connectivity index (χ3v) is 2.66. The first-order valence-electron chi connectivity index (χ1n) is 4.40. The fourth-order valence-corrected chi connectivity index (χ4v) is 1.68. The predicted octanol–water partition coefficient (Wildman–Crippen LogP) is 2.25. The summed E-state index contributed by atoms with van der Waals surface area (Å²) < 4.78 is 7.80. The van der Waals surface area contributed by atoms with Crippen LogP contribution in [0.3, 0.4) is 0 Å². The van der Waals surface area contributed by atoms with Crippen LogP contribution in [-0.2, 0) is 7.05 Å². The topological polar surface area (TPSA) is 39.9 Å². The van der Waals surface area contributed by atoms with E-state index in [4.69, 9.17) is 4.74 Å². The molecule has 2 aromatic rings. The van der Waals surface area contributed by atoms with Gasteiger partial charge in [-0.25, -0.2) is 4.98 Å². The van der Waals surface area contributed by atoms with Gasteiger partial charge in [-0.15, -0.1) is 0 Å². The van der Waals surface area contributed by atoms with Crippen LogP contribution in [0.5, 0.6) is 5.75 Å². The van der Waals surface area contributed by atoms with Gasteiger partial charge >= 0.3 is 0 Å². The Kier molecular flexibility index (Phi) is 2.73. The molecule has 0 amide bonds. The first kappa shape index (κ1) is 10.2. The van der Waals surface area contributed by atoms with Crippen LogP contribution in [0.4, 0.5) is 0 Å². The third-order valence-electron chi connectivity index (χ3n) is 2.01. The summed E-state index contributed by atoms with van der Waals surface area (Å²) in [6.07, 6.45) is 1.67. The van der Waals surface area contributed by atoms with Crippen molar-refractivity contribution in [1.29, 1.82) is 0 Å². The summed E-state index contributed by atoms with van der Waals surface area (Å²) in [7, 11) is 3.47. The fraction of sp³-hybridized carbons (Fsp3) is 0.200. The zero-order valence-corrected chi connectivity index (χ0v) is 10.0. The predicted molar refractivity (Wildman–Crippen MR) is 60.7 cm³/mol. The first-order chi connectivity index (χ1) is 7.20. The highest BCUT2D eigenvalue weighted by Crippen LogP contribution is 2.28. The molecule has 0 atom stereocenters. The molecule has 1 aromatic heterocycles. The summed E-state index contributed by atoms with van der Waals surface area (Å²) >= 11 is 3.40. The number of halogens is 1. The highest BCUT2D eigenvalue weighted by molar-refractivity contribution is 9.10. The lowest BCUT2D eigenvalue weighted by molar-refractivity contribution is 0.412. The molecule has 15 heavy (non-hydrogen) atoms. The molecule has 0 saturated carbocycles. The number of methoxy groups -OCH3 is 1.